The van der Waals surface area contributed by atoms with E-state index in [1.807, 2.05) is 60.4 Å². The molecule has 0 saturated carbocycles. The number of nitrogens with one attached hydrogen (secondary N) is 4. The van der Waals surface area contributed by atoms with Gasteiger partial charge in [-0.25, -0.2) is 13.4 Å². The summed E-state index contributed by atoms with van der Waals surface area (Å²) in [5.41, 5.74) is 2.98. The molecule has 14 heteroatoms. The Labute approximate surface area is 275 Å². The first-order valence-electron chi connectivity index (χ1n) is 14.9. The molecule has 1 fully saturated rings. The number of aliphatic carboxylic acids is 1. The van der Waals surface area contributed by atoms with Gasteiger partial charge in [0.05, 0.1) is 17.0 Å². The van der Waals surface area contributed by atoms with Gasteiger partial charge in [0.25, 0.3) is 0 Å². The number of aromatic nitrogens is 1. The minimum atomic E-state index is -4.17. The Bertz CT molecular complexity index is 1600. The van der Waals surface area contributed by atoms with Gasteiger partial charge in [0, 0.05) is 32.4 Å². The summed E-state index contributed by atoms with van der Waals surface area (Å²) >= 11 is 5.73. The van der Waals surface area contributed by atoms with Gasteiger partial charge < -0.3 is 30.7 Å². The number of rotatable bonds is 14. The standard InChI is InChI=1S/C32H40N6O6S2/c1-21-13-22(2)30(23(3)14-21)46(42,43)37-27(31(40)41)18-35-29(39)20-44-26-15-25(17-34-28-11-7-8-12-33-28)38(19-26)32(45)36-16-24-9-5-4-6-10-24/h4-14,25-27,37H,15-20H2,1-3H3,(H,33,34)(H,35,39)(H,36,45)(H,40,41). The maximum atomic E-state index is 13.1. The maximum absolute atomic E-state index is 13.1. The van der Waals surface area contributed by atoms with Crippen LogP contribution in [0.25, 0.3) is 0 Å². The molecule has 1 aromatic heterocycles. The molecule has 1 aliphatic heterocycles. The van der Waals surface area contributed by atoms with Gasteiger partial charge in [-0.3, -0.25) is 9.59 Å². The van der Waals surface area contributed by atoms with Crippen molar-refractivity contribution in [3.05, 3.63) is 89.1 Å². The largest absolute Gasteiger partial charge is 0.480 e. The van der Waals surface area contributed by atoms with E-state index < -0.39 is 34.5 Å². The Morgan fingerprint density at radius 2 is 1.76 bits per heavy atom. The molecule has 0 spiro atoms. The number of hydrogen-bond donors (Lipinski definition) is 5. The normalized spacial score (nSPS) is 16.9. The van der Waals surface area contributed by atoms with E-state index in [1.54, 1.807) is 32.2 Å². The highest BCUT2D eigenvalue weighted by molar-refractivity contribution is 7.89. The second kappa shape index (κ2) is 15.9. The van der Waals surface area contributed by atoms with Gasteiger partial charge in [-0.05, 0) is 68.2 Å². The van der Waals surface area contributed by atoms with E-state index in [1.165, 1.54) is 0 Å². The number of pyridine rings is 1. The van der Waals surface area contributed by atoms with Crippen LogP contribution < -0.4 is 20.7 Å². The summed E-state index contributed by atoms with van der Waals surface area (Å²) in [5.74, 6) is -1.26. The summed E-state index contributed by atoms with van der Waals surface area (Å²) in [7, 11) is -4.17. The molecule has 4 rings (SSSR count). The zero-order valence-corrected chi connectivity index (χ0v) is 27.7. The molecule has 0 bridgehead atoms. The second-order valence-electron chi connectivity index (χ2n) is 11.3. The van der Waals surface area contributed by atoms with E-state index in [4.69, 9.17) is 17.0 Å². The topological polar surface area (TPSA) is 162 Å². The number of ether oxygens (including phenoxy) is 1. The third-order valence-electron chi connectivity index (χ3n) is 7.53. The van der Waals surface area contributed by atoms with Crippen LogP contribution in [0.5, 0.6) is 0 Å². The molecule has 46 heavy (non-hydrogen) atoms. The SMILES string of the molecule is Cc1cc(C)c(S(=O)(=O)NC(CNC(=O)COC2CC(CNc3ccccn3)N(C(=S)NCc3ccccc3)C2)C(=O)O)c(C)c1. The molecular formula is C32H40N6O6S2. The monoisotopic (exact) mass is 668 g/mol. The lowest BCUT2D eigenvalue weighted by molar-refractivity contribution is -0.139. The molecular weight excluding hydrogens is 629 g/mol. The van der Waals surface area contributed by atoms with Gasteiger partial charge in [-0.2, -0.15) is 4.72 Å². The molecule has 3 aromatic rings. The van der Waals surface area contributed by atoms with Gasteiger partial charge in [0.2, 0.25) is 15.9 Å². The van der Waals surface area contributed by atoms with E-state index in [-0.39, 0.29) is 23.6 Å². The summed E-state index contributed by atoms with van der Waals surface area (Å²) < 4.78 is 34.3. The van der Waals surface area contributed by atoms with Gasteiger partial charge in [-0.1, -0.05) is 54.1 Å². The minimum absolute atomic E-state index is 0.0214. The quantitative estimate of drug-likeness (QED) is 0.161. The summed E-state index contributed by atoms with van der Waals surface area (Å²) in [4.78, 5) is 31.0. The van der Waals surface area contributed by atoms with Crippen LogP contribution in [-0.4, -0.2) is 84.8 Å². The molecule has 246 valence electrons. The first-order valence-corrected chi connectivity index (χ1v) is 16.8. The fourth-order valence-electron chi connectivity index (χ4n) is 5.48. The van der Waals surface area contributed by atoms with Crippen molar-refractivity contribution in [2.24, 2.45) is 0 Å². The summed E-state index contributed by atoms with van der Waals surface area (Å²) in [6.07, 6.45) is 1.95. The second-order valence-corrected chi connectivity index (χ2v) is 13.3. The van der Waals surface area contributed by atoms with Gasteiger partial charge in [0.1, 0.15) is 18.5 Å². The number of carbonyl (C=O) groups is 2. The molecule has 1 aliphatic rings. The van der Waals surface area contributed by atoms with Gasteiger partial charge in [0.15, 0.2) is 5.11 Å². The fraction of sp³-hybridized carbons (Fsp3) is 0.375. The molecule has 12 nitrogen and oxygen atoms in total. The Balaban J connectivity index is 1.32. The maximum Gasteiger partial charge on any atom is 0.323 e. The number of nitrogens with zero attached hydrogens (tertiary/aromatic N) is 2. The summed E-state index contributed by atoms with van der Waals surface area (Å²) in [6.45, 7) is 5.90. The average molecular weight is 669 g/mol. The highest BCUT2D eigenvalue weighted by Gasteiger charge is 2.35. The van der Waals surface area contributed by atoms with E-state index >= 15 is 0 Å². The van der Waals surface area contributed by atoms with Crippen molar-refractivity contribution in [3.8, 4) is 0 Å². The highest BCUT2D eigenvalue weighted by atomic mass is 32.2. The van der Waals surface area contributed by atoms with Crippen LogP contribution in [0.2, 0.25) is 0 Å². The number of hydrogen-bond acceptors (Lipinski definition) is 8. The van der Waals surface area contributed by atoms with Crippen molar-refractivity contribution >= 4 is 45.0 Å². The van der Waals surface area contributed by atoms with Crippen molar-refractivity contribution in [2.45, 2.75) is 56.8 Å². The van der Waals surface area contributed by atoms with Crippen molar-refractivity contribution in [2.75, 3.05) is 31.6 Å². The molecule has 0 radical (unpaired) electrons. The van der Waals surface area contributed by atoms with Crippen LogP contribution in [0.15, 0.2) is 71.8 Å². The Morgan fingerprint density at radius 1 is 1.07 bits per heavy atom. The van der Waals surface area contributed by atoms with Crippen LogP contribution in [0.3, 0.4) is 0 Å². The van der Waals surface area contributed by atoms with Crippen LogP contribution in [0.4, 0.5) is 5.82 Å². The predicted octanol–water partition coefficient (Wildman–Crippen LogP) is 2.50. The summed E-state index contributed by atoms with van der Waals surface area (Å²) in [6, 6.07) is 17.3. The predicted molar refractivity (Wildman–Crippen MR) is 179 cm³/mol. The number of benzene rings is 2. The fourth-order valence-corrected chi connectivity index (χ4v) is 7.42. The molecule has 5 N–H and O–H groups in total. The van der Waals surface area contributed by atoms with Gasteiger partial charge in [-0.15, -0.1) is 0 Å². The molecule has 2 heterocycles. The molecule has 3 atom stereocenters. The lowest BCUT2D eigenvalue weighted by atomic mass is 10.1. The number of carboxylic acids is 1. The average Bonchev–Trinajstić information content (AvgIpc) is 3.43. The first-order chi connectivity index (χ1) is 21.9. The lowest BCUT2D eigenvalue weighted by Gasteiger charge is -2.27. The zero-order valence-electron chi connectivity index (χ0n) is 26.0. The van der Waals surface area contributed by atoms with Gasteiger partial charge >= 0.3 is 5.97 Å². The van der Waals surface area contributed by atoms with E-state index in [0.717, 1.165) is 16.9 Å². The number of thiocarbonyl (C=S) groups is 1. The van der Waals surface area contributed by atoms with Crippen LogP contribution in [0, 0.1) is 20.8 Å². The lowest BCUT2D eigenvalue weighted by Crippen LogP contribution is -2.49. The van der Waals surface area contributed by atoms with E-state index in [2.05, 4.69) is 25.7 Å². The summed E-state index contributed by atoms with van der Waals surface area (Å²) in [5, 5.41) is 19.4. The number of amides is 1. The number of carbonyl (C=O) groups excluding carboxylic acids is 1. The molecule has 0 aliphatic carbocycles. The number of aryl methyl sites for hydroxylation is 3. The Hall–Kier alpha value is -4.11. The van der Waals surface area contributed by atoms with Crippen LogP contribution in [0.1, 0.15) is 28.7 Å². The number of anilines is 1. The Morgan fingerprint density at radius 3 is 2.41 bits per heavy atom. The smallest absolute Gasteiger partial charge is 0.323 e. The van der Waals surface area contributed by atoms with Crippen molar-refractivity contribution in [3.63, 3.8) is 0 Å². The number of carboxylic acid groups (broad SMARTS) is 1. The Kier molecular flexibility index (Phi) is 12.0. The van der Waals surface area contributed by atoms with Crippen molar-refractivity contribution in [1.82, 2.24) is 25.2 Å². The van der Waals surface area contributed by atoms with E-state index in [0.29, 0.717) is 42.3 Å². The third-order valence-corrected chi connectivity index (χ3v) is 9.68. The minimum Gasteiger partial charge on any atom is -0.480 e. The van der Waals surface area contributed by atoms with E-state index in [9.17, 15) is 23.1 Å². The molecule has 1 saturated heterocycles. The first kappa shape index (κ1) is 34.8. The molecule has 2 aromatic carbocycles. The van der Waals surface area contributed by atoms with Crippen LogP contribution >= 0.6 is 12.2 Å². The van der Waals surface area contributed by atoms with Crippen LogP contribution in [-0.2, 0) is 30.9 Å². The van der Waals surface area contributed by atoms with Crippen molar-refractivity contribution in [1.29, 1.82) is 0 Å². The zero-order chi connectivity index (χ0) is 33.3. The number of likely N-dealkylation sites (tertiary alicyclic amines) is 1. The molecule has 3 unspecified atom stereocenters. The highest BCUT2D eigenvalue weighted by Crippen LogP contribution is 2.23. The number of sulfonamides is 1. The molecule has 1 amide bonds. The third kappa shape index (κ3) is 9.69. The van der Waals surface area contributed by atoms with Crippen molar-refractivity contribution < 1.29 is 27.9 Å².